The normalized spacial score (nSPS) is 15.0. The first-order chi connectivity index (χ1) is 14.9. The lowest BCUT2D eigenvalue weighted by Gasteiger charge is -2.34. The lowest BCUT2D eigenvalue weighted by molar-refractivity contribution is -0.00478. The van der Waals surface area contributed by atoms with Gasteiger partial charge in [0.2, 0.25) is 5.95 Å². The number of piperidine rings is 1. The van der Waals surface area contributed by atoms with E-state index in [2.05, 4.69) is 52.3 Å². The van der Waals surface area contributed by atoms with Gasteiger partial charge in [-0.2, -0.15) is 4.98 Å². The molecule has 3 aromatic rings. The fourth-order valence-electron chi connectivity index (χ4n) is 3.81. The van der Waals surface area contributed by atoms with Crippen molar-refractivity contribution < 1.29 is 13.5 Å². The molecule has 0 saturated carbocycles. The highest BCUT2D eigenvalue weighted by molar-refractivity contribution is 5.66. The van der Waals surface area contributed by atoms with E-state index in [4.69, 9.17) is 4.74 Å². The van der Waals surface area contributed by atoms with Crippen molar-refractivity contribution in [1.82, 2.24) is 14.8 Å². The largest absolute Gasteiger partial charge is 0.375 e. The molecule has 31 heavy (non-hydrogen) atoms. The summed E-state index contributed by atoms with van der Waals surface area (Å²) in [6, 6.07) is 9.51. The van der Waals surface area contributed by atoms with Gasteiger partial charge in [-0.05, 0) is 63.4 Å². The smallest absolute Gasteiger partial charge is 0.246 e. The number of aryl methyl sites for hydroxylation is 1. The molecule has 0 unspecified atom stereocenters. The molecule has 1 saturated heterocycles. The van der Waals surface area contributed by atoms with Crippen LogP contribution in [0.2, 0.25) is 0 Å². The highest BCUT2D eigenvalue weighted by atomic mass is 19.1. The molecule has 2 heterocycles. The van der Waals surface area contributed by atoms with E-state index in [9.17, 15) is 8.78 Å². The summed E-state index contributed by atoms with van der Waals surface area (Å²) in [7, 11) is 0. The molecule has 6 nitrogen and oxygen atoms in total. The fourth-order valence-corrected chi connectivity index (χ4v) is 3.81. The molecule has 1 fully saturated rings. The molecule has 1 aliphatic heterocycles. The zero-order valence-corrected chi connectivity index (χ0v) is 18.0. The minimum atomic E-state index is -0.661. The molecule has 0 aliphatic carbocycles. The summed E-state index contributed by atoms with van der Waals surface area (Å²) in [5, 5.41) is 7.53. The summed E-state index contributed by atoms with van der Waals surface area (Å²) >= 11 is 0. The third-order valence-electron chi connectivity index (χ3n) is 5.34. The van der Waals surface area contributed by atoms with Gasteiger partial charge >= 0.3 is 0 Å². The standard InChI is InChI=1S/C23H27F2N5O/c1-15(2)31-21-6-8-29(9-7-21)19-5-4-16(3)22(13-19)27-23-26-14-30(28-23)20-11-17(24)10-18(25)12-20/h4-5,10-15,21H,6-9H2,1-3H3,(H,27,28). The maximum Gasteiger partial charge on any atom is 0.246 e. The van der Waals surface area contributed by atoms with E-state index in [1.165, 1.54) is 23.1 Å². The van der Waals surface area contributed by atoms with E-state index in [-0.39, 0.29) is 11.8 Å². The molecule has 1 aromatic heterocycles. The first-order valence-corrected chi connectivity index (χ1v) is 10.5. The molecule has 0 amide bonds. The summed E-state index contributed by atoms with van der Waals surface area (Å²) in [4.78, 5) is 6.59. The lowest BCUT2D eigenvalue weighted by Crippen LogP contribution is -2.37. The van der Waals surface area contributed by atoms with Gasteiger partial charge in [-0.3, -0.25) is 0 Å². The van der Waals surface area contributed by atoms with Crippen LogP contribution in [0.3, 0.4) is 0 Å². The number of nitrogens with one attached hydrogen (secondary N) is 1. The molecule has 0 bridgehead atoms. The number of benzene rings is 2. The molecule has 4 rings (SSSR count). The summed E-state index contributed by atoms with van der Waals surface area (Å²) < 4.78 is 34.3. The number of ether oxygens (including phenoxy) is 1. The maximum absolute atomic E-state index is 13.5. The third kappa shape index (κ3) is 5.19. The molecule has 0 radical (unpaired) electrons. The maximum atomic E-state index is 13.5. The Labute approximate surface area is 180 Å². The Kier molecular flexibility index (Phi) is 6.18. The quantitative estimate of drug-likeness (QED) is 0.601. The van der Waals surface area contributed by atoms with Crippen LogP contribution in [-0.4, -0.2) is 40.1 Å². The highest BCUT2D eigenvalue weighted by Crippen LogP contribution is 2.28. The number of anilines is 3. The molecule has 1 aliphatic rings. The van der Waals surface area contributed by atoms with Crippen molar-refractivity contribution in [3.63, 3.8) is 0 Å². The minimum Gasteiger partial charge on any atom is -0.375 e. The average Bonchev–Trinajstić information content (AvgIpc) is 3.18. The first-order valence-electron chi connectivity index (χ1n) is 10.5. The van der Waals surface area contributed by atoms with Gasteiger partial charge in [-0.25, -0.2) is 13.5 Å². The summed E-state index contributed by atoms with van der Waals surface area (Å²) in [6.07, 6.45) is 4.01. The third-order valence-corrected chi connectivity index (χ3v) is 5.34. The Balaban J connectivity index is 1.47. The molecular weight excluding hydrogens is 400 g/mol. The second-order valence-electron chi connectivity index (χ2n) is 8.14. The Morgan fingerprint density at radius 3 is 2.42 bits per heavy atom. The zero-order chi connectivity index (χ0) is 22.0. The van der Waals surface area contributed by atoms with Crippen LogP contribution in [0.4, 0.5) is 26.1 Å². The van der Waals surface area contributed by atoms with Gasteiger partial charge in [0.05, 0.1) is 17.9 Å². The Bertz CT molecular complexity index is 1020. The number of rotatable bonds is 6. The Morgan fingerprint density at radius 2 is 1.74 bits per heavy atom. The van der Waals surface area contributed by atoms with Gasteiger partial charge in [-0.1, -0.05) is 6.07 Å². The van der Waals surface area contributed by atoms with Crippen LogP contribution in [0.15, 0.2) is 42.7 Å². The van der Waals surface area contributed by atoms with Gasteiger partial charge in [0.15, 0.2) is 0 Å². The highest BCUT2D eigenvalue weighted by Gasteiger charge is 2.21. The monoisotopic (exact) mass is 427 g/mol. The molecule has 2 aromatic carbocycles. The van der Waals surface area contributed by atoms with Crippen molar-refractivity contribution in [3.05, 3.63) is 59.9 Å². The summed E-state index contributed by atoms with van der Waals surface area (Å²) in [5.74, 6) is -0.966. The van der Waals surface area contributed by atoms with Gasteiger partial charge in [0.25, 0.3) is 0 Å². The van der Waals surface area contributed by atoms with E-state index >= 15 is 0 Å². The molecule has 8 heteroatoms. The summed E-state index contributed by atoms with van der Waals surface area (Å²) in [5.41, 5.74) is 3.34. The van der Waals surface area contributed by atoms with Crippen LogP contribution in [0.1, 0.15) is 32.3 Å². The SMILES string of the molecule is Cc1ccc(N2CCC(OC(C)C)CC2)cc1Nc1ncn(-c2cc(F)cc(F)c2)n1. The van der Waals surface area contributed by atoms with Gasteiger partial charge < -0.3 is 15.0 Å². The Hall–Kier alpha value is -3.00. The molecule has 164 valence electrons. The topological polar surface area (TPSA) is 55.2 Å². The van der Waals surface area contributed by atoms with Crippen LogP contribution < -0.4 is 10.2 Å². The molecule has 0 atom stereocenters. The van der Waals surface area contributed by atoms with Crippen molar-refractivity contribution in [1.29, 1.82) is 0 Å². The van der Waals surface area contributed by atoms with Crippen LogP contribution in [-0.2, 0) is 4.74 Å². The fraction of sp³-hybridized carbons (Fsp3) is 0.391. The first kappa shape index (κ1) is 21.2. The van der Waals surface area contributed by atoms with E-state index < -0.39 is 11.6 Å². The number of aromatic nitrogens is 3. The molecule has 1 N–H and O–H groups in total. The van der Waals surface area contributed by atoms with Crippen LogP contribution >= 0.6 is 0 Å². The number of halogens is 2. The molecular formula is C23H27F2N5O. The van der Waals surface area contributed by atoms with Gasteiger partial charge in [0.1, 0.15) is 18.0 Å². The van der Waals surface area contributed by atoms with Crippen molar-refractivity contribution in [2.24, 2.45) is 0 Å². The summed E-state index contributed by atoms with van der Waals surface area (Å²) in [6.45, 7) is 8.04. The predicted molar refractivity (Wildman–Crippen MR) is 117 cm³/mol. The number of hydrogen-bond donors (Lipinski definition) is 1. The predicted octanol–water partition coefficient (Wildman–Crippen LogP) is 4.99. The number of nitrogens with zero attached hydrogens (tertiary/aromatic N) is 4. The molecule has 0 spiro atoms. The zero-order valence-electron chi connectivity index (χ0n) is 18.0. The van der Waals surface area contributed by atoms with Crippen LogP contribution in [0.25, 0.3) is 5.69 Å². The van der Waals surface area contributed by atoms with Gasteiger partial charge in [0, 0.05) is 30.5 Å². The lowest BCUT2D eigenvalue weighted by atomic mass is 10.1. The second-order valence-corrected chi connectivity index (χ2v) is 8.14. The van der Waals surface area contributed by atoms with Crippen molar-refractivity contribution in [3.8, 4) is 5.69 Å². The van der Waals surface area contributed by atoms with Gasteiger partial charge in [-0.15, -0.1) is 5.10 Å². The van der Waals surface area contributed by atoms with E-state index in [1.54, 1.807) is 0 Å². The van der Waals surface area contributed by atoms with Crippen LogP contribution in [0.5, 0.6) is 0 Å². The second kappa shape index (κ2) is 9.01. The van der Waals surface area contributed by atoms with E-state index in [0.717, 1.165) is 48.9 Å². The number of hydrogen-bond acceptors (Lipinski definition) is 5. The van der Waals surface area contributed by atoms with E-state index in [1.807, 2.05) is 6.92 Å². The van der Waals surface area contributed by atoms with Crippen LogP contribution in [0, 0.1) is 18.6 Å². The van der Waals surface area contributed by atoms with Crippen molar-refractivity contribution >= 4 is 17.3 Å². The van der Waals surface area contributed by atoms with Crippen molar-refractivity contribution in [2.45, 2.75) is 45.8 Å². The van der Waals surface area contributed by atoms with E-state index in [0.29, 0.717) is 12.1 Å². The van der Waals surface area contributed by atoms with Crippen molar-refractivity contribution in [2.75, 3.05) is 23.3 Å². The average molecular weight is 427 g/mol. The Morgan fingerprint density at radius 1 is 1.03 bits per heavy atom. The minimum absolute atomic E-state index is 0.253.